The molecule has 0 atom stereocenters. The van der Waals surface area contributed by atoms with E-state index in [2.05, 4.69) is 5.32 Å². The first-order valence-electron chi connectivity index (χ1n) is 8.13. The van der Waals surface area contributed by atoms with Crippen LogP contribution in [0.15, 0.2) is 54.6 Å². The van der Waals surface area contributed by atoms with E-state index >= 15 is 0 Å². The number of hydrogen-bond donors (Lipinski definition) is 1. The molecular formula is C20H19F3N2O2. The predicted octanol–water partition coefficient (Wildman–Crippen LogP) is 3.74. The fourth-order valence-corrected chi connectivity index (χ4v) is 2.45. The van der Waals surface area contributed by atoms with Gasteiger partial charge in [0.1, 0.15) is 0 Å². The van der Waals surface area contributed by atoms with Crippen molar-refractivity contribution >= 4 is 17.9 Å². The normalized spacial score (nSPS) is 11.4. The molecule has 0 aliphatic heterocycles. The first kappa shape index (κ1) is 20.2. The van der Waals surface area contributed by atoms with Crippen LogP contribution in [0.5, 0.6) is 0 Å². The van der Waals surface area contributed by atoms with Crippen LogP contribution in [-0.2, 0) is 17.5 Å². The first-order chi connectivity index (χ1) is 12.7. The highest BCUT2D eigenvalue weighted by molar-refractivity contribution is 5.94. The van der Waals surface area contributed by atoms with Crippen molar-refractivity contribution in [1.29, 1.82) is 0 Å². The van der Waals surface area contributed by atoms with Crippen molar-refractivity contribution in [3.8, 4) is 0 Å². The quantitative estimate of drug-likeness (QED) is 0.809. The Morgan fingerprint density at radius 2 is 1.70 bits per heavy atom. The molecule has 0 saturated heterocycles. The average Bonchev–Trinajstić information content (AvgIpc) is 2.65. The van der Waals surface area contributed by atoms with E-state index in [0.717, 1.165) is 6.07 Å². The number of halogens is 3. The predicted molar refractivity (Wildman–Crippen MR) is 96.8 cm³/mol. The number of benzene rings is 2. The molecule has 2 aromatic rings. The molecule has 142 valence electrons. The minimum Gasteiger partial charge on any atom is -0.355 e. The summed E-state index contributed by atoms with van der Waals surface area (Å²) in [5.41, 5.74) is 0.463. The molecule has 0 unspecified atom stereocenters. The fourth-order valence-electron chi connectivity index (χ4n) is 2.45. The van der Waals surface area contributed by atoms with Crippen LogP contribution < -0.4 is 5.32 Å². The summed E-state index contributed by atoms with van der Waals surface area (Å²) in [5.74, 6) is -0.646. The summed E-state index contributed by atoms with van der Waals surface area (Å²) >= 11 is 0. The van der Waals surface area contributed by atoms with E-state index in [1.54, 1.807) is 30.3 Å². The Labute approximate surface area is 155 Å². The molecule has 0 saturated carbocycles. The molecule has 0 aliphatic carbocycles. The molecule has 0 aromatic heterocycles. The Hall–Kier alpha value is -3.09. The summed E-state index contributed by atoms with van der Waals surface area (Å²) in [6.07, 6.45) is -1.64. The van der Waals surface area contributed by atoms with Crippen molar-refractivity contribution in [3.05, 3.63) is 76.9 Å². The third kappa shape index (κ3) is 5.44. The molecule has 7 heteroatoms. The van der Waals surface area contributed by atoms with Gasteiger partial charge in [-0.25, -0.2) is 0 Å². The summed E-state index contributed by atoms with van der Waals surface area (Å²) in [6, 6.07) is 11.8. The second-order valence-electron chi connectivity index (χ2n) is 5.88. The highest BCUT2D eigenvalue weighted by Gasteiger charge is 2.33. The van der Waals surface area contributed by atoms with Crippen molar-refractivity contribution in [3.63, 3.8) is 0 Å². The lowest BCUT2D eigenvalue weighted by atomic mass is 10.1. The van der Waals surface area contributed by atoms with Crippen LogP contribution in [0.1, 0.15) is 27.0 Å². The van der Waals surface area contributed by atoms with Crippen LogP contribution >= 0.6 is 0 Å². The van der Waals surface area contributed by atoms with E-state index in [1.165, 1.54) is 43.3 Å². The number of carbonyl (C=O) groups is 2. The number of rotatable bonds is 5. The largest absolute Gasteiger partial charge is 0.416 e. The van der Waals surface area contributed by atoms with Gasteiger partial charge >= 0.3 is 6.18 Å². The zero-order valence-electron chi connectivity index (χ0n) is 14.9. The smallest absolute Gasteiger partial charge is 0.355 e. The van der Waals surface area contributed by atoms with Gasteiger partial charge in [-0.3, -0.25) is 9.59 Å². The van der Waals surface area contributed by atoms with Crippen LogP contribution in [0.2, 0.25) is 0 Å². The molecule has 2 amide bonds. The van der Waals surface area contributed by atoms with Crippen LogP contribution in [-0.4, -0.2) is 30.8 Å². The van der Waals surface area contributed by atoms with Gasteiger partial charge in [-0.1, -0.05) is 30.3 Å². The lowest BCUT2D eigenvalue weighted by Gasteiger charge is -2.19. The van der Waals surface area contributed by atoms with Crippen molar-refractivity contribution in [2.24, 2.45) is 0 Å². The molecule has 0 aliphatic rings. The van der Waals surface area contributed by atoms with Gasteiger partial charge in [0, 0.05) is 32.3 Å². The Kier molecular flexibility index (Phi) is 6.39. The summed E-state index contributed by atoms with van der Waals surface area (Å²) < 4.78 is 39.1. The molecule has 2 rings (SSSR count). The number of nitrogens with zero attached hydrogens (tertiary/aromatic N) is 1. The lowest BCUT2D eigenvalue weighted by molar-refractivity contribution is -0.139. The summed E-state index contributed by atoms with van der Waals surface area (Å²) in [4.78, 5) is 24.9. The van der Waals surface area contributed by atoms with Gasteiger partial charge in [0.05, 0.1) is 5.56 Å². The van der Waals surface area contributed by atoms with E-state index in [9.17, 15) is 22.8 Å². The van der Waals surface area contributed by atoms with E-state index in [-0.39, 0.29) is 18.0 Å². The maximum Gasteiger partial charge on any atom is 0.416 e. The highest BCUT2D eigenvalue weighted by atomic mass is 19.4. The van der Waals surface area contributed by atoms with Crippen molar-refractivity contribution in [2.75, 3.05) is 14.1 Å². The third-order valence-corrected chi connectivity index (χ3v) is 3.92. The number of carbonyl (C=O) groups excluding carboxylic acids is 2. The van der Waals surface area contributed by atoms with Gasteiger partial charge in [-0.2, -0.15) is 13.2 Å². The number of hydrogen-bond acceptors (Lipinski definition) is 2. The molecule has 0 fully saturated rings. The first-order valence-corrected chi connectivity index (χ1v) is 8.13. The molecule has 4 nitrogen and oxygen atoms in total. The van der Waals surface area contributed by atoms with Crippen molar-refractivity contribution < 1.29 is 22.8 Å². The van der Waals surface area contributed by atoms with Gasteiger partial charge < -0.3 is 10.2 Å². The molecule has 0 spiro atoms. The SMILES string of the molecule is CNC(=O)c1ccc(/C=C/C(=O)N(C)Cc2ccccc2C(F)(F)F)cc1. The van der Waals surface area contributed by atoms with Gasteiger partial charge in [-0.05, 0) is 35.4 Å². The number of nitrogens with one attached hydrogen (secondary N) is 1. The number of alkyl halides is 3. The summed E-state index contributed by atoms with van der Waals surface area (Å²) in [5, 5.41) is 2.51. The second-order valence-corrected chi connectivity index (χ2v) is 5.88. The van der Waals surface area contributed by atoms with E-state index in [0.29, 0.717) is 11.1 Å². The zero-order chi connectivity index (χ0) is 20.0. The summed E-state index contributed by atoms with van der Waals surface area (Å²) in [7, 11) is 2.97. The minimum absolute atomic E-state index is 0.0316. The standard InChI is InChI=1S/C20H19F3N2O2/c1-24-19(27)15-10-7-14(8-11-15)9-12-18(26)25(2)13-16-5-3-4-6-17(16)20(21,22)23/h3-12H,13H2,1-2H3,(H,24,27)/b12-9+. The number of likely N-dealkylation sites (N-methyl/N-ethyl adjacent to an activating group) is 1. The Morgan fingerprint density at radius 1 is 1.07 bits per heavy atom. The van der Waals surface area contributed by atoms with Gasteiger partial charge in [0.2, 0.25) is 5.91 Å². The van der Waals surface area contributed by atoms with Crippen LogP contribution in [0, 0.1) is 0 Å². The molecule has 2 aromatic carbocycles. The fraction of sp³-hybridized carbons (Fsp3) is 0.200. The Morgan fingerprint density at radius 3 is 2.30 bits per heavy atom. The van der Waals surface area contributed by atoms with E-state index in [1.807, 2.05) is 0 Å². The third-order valence-electron chi connectivity index (χ3n) is 3.92. The maximum atomic E-state index is 13.0. The van der Waals surface area contributed by atoms with Gasteiger partial charge in [0.25, 0.3) is 5.91 Å². The van der Waals surface area contributed by atoms with Crippen LogP contribution in [0.25, 0.3) is 6.08 Å². The number of amides is 2. The van der Waals surface area contributed by atoms with Crippen LogP contribution in [0.4, 0.5) is 13.2 Å². The average molecular weight is 376 g/mol. The van der Waals surface area contributed by atoms with Crippen molar-refractivity contribution in [2.45, 2.75) is 12.7 Å². The second kappa shape index (κ2) is 8.53. The molecule has 27 heavy (non-hydrogen) atoms. The monoisotopic (exact) mass is 376 g/mol. The maximum absolute atomic E-state index is 13.0. The summed E-state index contributed by atoms with van der Waals surface area (Å²) in [6.45, 7) is -0.158. The lowest BCUT2D eigenvalue weighted by Crippen LogP contribution is -2.25. The molecule has 1 N–H and O–H groups in total. The van der Waals surface area contributed by atoms with Crippen molar-refractivity contribution in [1.82, 2.24) is 10.2 Å². The zero-order valence-corrected chi connectivity index (χ0v) is 14.9. The Bertz CT molecular complexity index is 843. The van der Waals surface area contributed by atoms with Crippen LogP contribution in [0.3, 0.4) is 0 Å². The van der Waals surface area contributed by atoms with Gasteiger partial charge in [0.15, 0.2) is 0 Å². The minimum atomic E-state index is -4.47. The Balaban J connectivity index is 2.06. The topological polar surface area (TPSA) is 49.4 Å². The molecule has 0 bridgehead atoms. The van der Waals surface area contributed by atoms with E-state index in [4.69, 9.17) is 0 Å². The molecular weight excluding hydrogens is 357 g/mol. The van der Waals surface area contributed by atoms with E-state index < -0.39 is 17.6 Å². The highest BCUT2D eigenvalue weighted by Crippen LogP contribution is 2.32. The van der Waals surface area contributed by atoms with Gasteiger partial charge in [-0.15, -0.1) is 0 Å². The molecule has 0 heterocycles. The molecule has 0 radical (unpaired) electrons.